The Labute approximate surface area is 143 Å². The number of phenolic OH excluding ortho intramolecular Hbond substituents is 1. The molecular weight excluding hydrogens is 397 g/mol. The summed E-state index contributed by atoms with van der Waals surface area (Å²) in [6.07, 6.45) is 1.03. The van der Waals surface area contributed by atoms with E-state index < -0.39 is 0 Å². The first-order valence-electron chi connectivity index (χ1n) is 7.01. The van der Waals surface area contributed by atoms with E-state index in [0.29, 0.717) is 10.8 Å². The summed E-state index contributed by atoms with van der Waals surface area (Å²) in [6.45, 7) is 1.02. The summed E-state index contributed by atoms with van der Waals surface area (Å²) in [5.74, 6) is 0.611. The number of phenols is 1. The zero-order valence-electron chi connectivity index (χ0n) is 11.8. The van der Waals surface area contributed by atoms with E-state index in [-0.39, 0.29) is 12.0 Å². The number of halogens is 2. The predicted octanol–water partition coefficient (Wildman–Crippen LogP) is 4.81. The highest BCUT2D eigenvalue weighted by atomic mass is 127. The van der Waals surface area contributed by atoms with Gasteiger partial charge in [0.25, 0.3) is 0 Å². The Morgan fingerprint density at radius 1 is 1.19 bits per heavy atom. The van der Waals surface area contributed by atoms with E-state index in [0.717, 1.165) is 18.5 Å². The van der Waals surface area contributed by atoms with E-state index in [4.69, 9.17) is 11.6 Å². The first kappa shape index (κ1) is 15.1. The van der Waals surface area contributed by atoms with Crippen molar-refractivity contribution in [1.29, 1.82) is 0 Å². The van der Waals surface area contributed by atoms with Gasteiger partial charge in [-0.2, -0.15) is 0 Å². The predicted molar refractivity (Wildman–Crippen MR) is 95.0 cm³/mol. The van der Waals surface area contributed by atoms with Gasteiger partial charge in [-0.1, -0.05) is 29.8 Å². The Hall–Kier alpha value is -0.780. The van der Waals surface area contributed by atoms with Crippen molar-refractivity contribution >= 4 is 34.2 Å². The Bertz CT molecular complexity index is 661. The highest BCUT2D eigenvalue weighted by Gasteiger charge is 2.36. The molecule has 1 aliphatic heterocycles. The summed E-state index contributed by atoms with van der Waals surface area (Å²) in [5, 5.41) is 10.9. The number of hydrogen-bond donors (Lipinski definition) is 1. The first-order chi connectivity index (χ1) is 10.1. The molecule has 0 spiro atoms. The molecule has 1 heterocycles. The molecule has 0 amide bonds. The summed E-state index contributed by atoms with van der Waals surface area (Å²) in [7, 11) is 2.15. The number of likely N-dealkylation sites (N-methyl/N-ethyl adjacent to an activating group) is 1. The van der Waals surface area contributed by atoms with Crippen LogP contribution >= 0.6 is 34.2 Å². The van der Waals surface area contributed by atoms with Gasteiger partial charge in [-0.05, 0) is 72.4 Å². The fourth-order valence-electron chi connectivity index (χ4n) is 3.26. The maximum Gasteiger partial charge on any atom is 0.119 e. The zero-order valence-corrected chi connectivity index (χ0v) is 14.7. The number of likely N-dealkylation sites (tertiary alicyclic amines) is 1. The molecule has 2 nitrogen and oxygen atoms in total. The highest BCUT2D eigenvalue weighted by Crippen LogP contribution is 2.46. The quantitative estimate of drug-likeness (QED) is 0.714. The van der Waals surface area contributed by atoms with Gasteiger partial charge in [0.2, 0.25) is 0 Å². The molecule has 1 saturated heterocycles. The molecule has 0 aliphatic carbocycles. The number of nitrogens with zero attached hydrogens (tertiary/aromatic N) is 1. The molecule has 1 fully saturated rings. The summed E-state index contributed by atoms with van der Waals surface area (Å²) in [5.41, 5.74) is 2.28. The third-order valence-corrected chi connectivity index (χ3v) is 5.48. The molecule has 3 rings (SSSR count). The van der Waals surface area contributed by atoms with Crippen molar-refractivity contribution in [3.05, 3.63) is 62.2 Å². The second-order valence-electron chi connectivity index (χ2n) is 5.55. The van der Waals surface area contributed by atoms with E-state index in [1.54, 1.807) is 12.1 Å². The molecule has 110 valence electrons. The minimum absolute atomic E-state index is 0.268. The molecule has 2 aromatic rings. The van der Waals surface area contributed by atoms with Crippen LogP contribution in [0.25, 0.3) is 0 Å². The van der Waals surface area contributed by atoms with Gasteiger partial charge in [-0.3, -0.25) is 4.90 Å². The fourth-order valence-corrected chi connectivity index (χ4v) is 4.15. The third kappa shape index (κ3) is 2.91. The second-order valence-corrected chi connectivity index (χ2v) is 7.14. The smallest absolute Gasteiger partial charge is 0.119 e. The number of hydrogen-bond acceptors (Lipinski definition) is 2. The highest BCUT2D eigenvalue weighted by molar-refractivity contribution is 14.1. The zero-order chi connectivity index (χ0) is 15.0. The van der Waals surface area contributed by atoms with Crippen LogP contribution in [0.1, 0.15) is 29.5 Å². The molecule has 1 aliphatic rings. The Morgan fingerprint density at radius 3 is 2.71 bits per heavy atom. The average molecular weight is 414 g/mol. The van der Waals surface area contributed by atoms with Crippen LogP contribution < -0.4 is 0 Å². The number of aromatic hydroxyl groups is 1. The van der Waals surface area contributed by atoms with Crippen LogP contribution in [-0.2, 0) is 0 Å². The van der Waals surface area contributed by atoms with Crippen molar-refractivity contribution in [3.8, 4) is 5.75 Å². The largest absolute Gasteiger partial charge is 0.508 e. The van der Waals surface area contributed by atoms with Crippen LogP contribution in [0.15, 0.2) is 42.5 Å². The van der Waals surface area contributed by atoms with E-state index in [1.165, 1.54) is 9.13 Å². The maximum atomic E-state index is 10.2. The lowest BCUT2D eigenvalue weighted by atomic mass is 9.87. The van der Waals surface area contributed by atoms with E-state index in [1.807, 2.05) is 6.07 Å². The maximum absolute atomic E-state index is 10.2. The molecule has 0 bridgehead atoms. The van der Waals surface area contributed by atoms with Crippen LogP contribution in [0, 0.1) is 3.57 Å². The third-order valence-electron chi connectivity index (χ3n) is 4.26. The Morgan fingerprint density at radius 2 is 1.95 bits per heavy atom. The molecule has 0 aromatic heterocycles. The van der Waals surface area contributed by atoms with Crippen molar-refractivity contribution < 1.29 is 5.11 Å². The van der Waals surface area contributed by atoms with E-state index in [9.17, 15) is 5.11 Å². The molecule has 0 radical (unpaired) electrons. The summed E-state index contributed by atoms with van der Waals surface area (Å²) >= 11 is 8.52. The van der Waals surface area contributed by atoms with E-state index in [2.05, 4.69) is 58.8 Å². The fraction of sp³-hybridized carbons (Fsp3) is 0.294. The molecule has 2 atom stereocenters. The molecule has 1 N–H and O–H groups in total. The van der Waals surface area contributed by atoms with Gasteiger partial charge in [-0.15, -0.1) is 0 Å². The van der Waals surface area contributed by atoms with Gasteiger partial charge in [0.05, 0.1) is 0 Å². The van der Waals surface area contributed by atoms with Crippen molar-refractivity contribution in [2.24, 2.45) is 0 Å². The van der Waals surface area contributed by atoms with Gasteiger partial charge in [-0.25, -0.2) is 0 Å². The standard InChI is InChI=1S/C17H17ClINO/c1-20-9-8-12(14-10-11(18)6-7-16(14)21)17(20)13-4-2-3-5-15(13)19/h2-7,10,12,17,21H,8-9H2,1H3. The van der Waals surface area contributed by atoms with Crippen LogP contribution in [0.5, 0.6) is 5.75 Å². The van der Waals surface area contributed by atoms with Crippen LogP contribution in [0.3, 0.4) is 0 Å². The molecule has 2 unspecified atom stereocenters. The lowest BCUT2D eigenvalue weighted by molar-refractivity contribution is 0.300. The van der Waals surface area contributed by atoms with Gasteiger partial charge in [0.15, 0.2) is 0 Å². The van der Waals surface area contributed by atoms with E-state index >= 15 is 0 Å². The van der Waals surface area contributed by atoms with Gasteiger partial charge >= 0.3 is 0 Å². The summed E-state index contributed by atoms with van der Waals surface area (Å²) in [4.78, 5) is 2.36. The van der Waals surface area contributed by atoms with Crippen molar-refractivity contribution in [1.82, 2.24) is 4.90 Å². The minimum Gasteiger partial charge on any atom is -0.508 e. The van der Waals surface area contributed by atoms with Gasteiger partial charge in [0.1, 0.15) is 5.75 Å². The van der Waals surface area contributed by atoms with Crippen LogP contribution in [-0.4, -0.2) is 23.6 Å². The van der Waals surface area contributed by atoms with Gasteiger partial charge in [0, 0.05) is 26.1 Å². The van der Waals surface area contributed by atoms with Crippen molar-refractivity contribution in [3.63, 3.8) is 0 Å². The van der Waals surface area contributed by atoms with Crippen LogP contribution in [0.2, 0.25) is 5.02 Å². The molecule has 4 heteroatoms. The minimum atomic E-state index is 0.268. The number of rotatable bonds is 2. The SMILES string of the molecule is CN1CCC(c2cc(Cl)ccc2O)C1c1ccccc1I. The Balaban J connectivity index is 2.06. The van der Waals surface area contributed by atoms with Crippen molar-refractivity contribution in [2.45, 2.75) is 18.4 Å². The van der Waals surface area contributed by atoms with Crippen molar-refractivity contribution in [2.75, 3.05) is 13.6 Å². The second kappa shape index (κ2) is 6.15. The topological polar surface area (TPSA) is 23.5 Å². The Kier molecular flexibility index (Phi) is 4.43. The monoisotopic (exact) mass is 413 g/mol. The first-order valence-corrected chi connectivity index (χ1v) is 8.46. The number of benzene rings is 2. The molecular formula is C17H17ClINO. The normalized spacial score (nSPS) is 22.6. The van der Waals surface area contributed by atoms with Gasteiger partial charge < -0.3 is 5.11 Å². The summed E-state index contributed by atoms with van der Waals surface area (Å²) < 4.78 is 1.26. The lowest BCUT2D eigenvalue weighted by Gasteiger charge is -2.27. The van der Waals surface area contributed by atoms with Crippen LogP contribution in [0.4, 0.5) is 0 Å². The lowest BCUT2D eigenvalue weighted by Crippen LogP contribution is -2.21. The molecule has 21 heavy (non-hydrogen) atoms. The average Bonchev–Trinajstić information content (AvgIpc) is 2.84. The molecule has 2 aromatic carbocycles. The molecule has 0 saturated carbocycles. The summed E-state index contributed by atoms with van der Waals surface area (Å²) in [6, 6.07) is 14.1.